The van der Waals surface area contributed by atoms with Crippen molar-refractivity contribution in [3.8, 4) is 5.75 Å². The predicted octanol–water partition coefficient (Wildman–Crippen LogP) is 3.14. The molecule has 0 unspecified atom stereocenters. The van der Waals surface area contributed by atoms with Crippen molar-refractivity contribution in [2.24, 2.45) is 0 Å². The third-order valence-corrected chi connectivity index (χ3v) is 6.42. The zero-order valence-electron chi connectivity index (χ0n) is 14.0. The molecular formula is C17H17ClF2N2O3S. The molecule has 0 radical (unpaired) electrons. The molecule has 0 aliphatic carbocycles. The maximum atomic E-state index is 14.2. The highest BCUT2D eigenvalue weighted by molar-refractivity contribution is 7.89. The van der Waals surface area contributed by atoms with Gasteiger partial charge in [0, 0.05) is 43.3 Å². The van der Waals surface area contributed by atoms with Gasteiger partial charge in [0.2, 0.25) is 10.0 Å². The first-order valence-electron chi connectivity index (χ1n) is 7.86. The Morgan fingerprint density at radius 3 is 2.19 bits per heavy atom. The van der Waals surface area contributed by atoms with E-state index < -0.39 is 21.7 Å². The quantitative estimate of drug-likeness (QED) is 0.788. The average molecular weight is 403 g/mol. The smallest absolute Gasteiger partial charge is 0.243 e. The molecule has 140 valence electrons. The number of halogens is 3. The van der Waals surface area contributed by atoms with Gasteiger partial charge >= 0.3 is 0 Å². The molecule has 0 saturated carbocycles. The van der Waals surface area contributed by atoms with Gasteiger partial charge in [-0.05, 0) is 24.3 Å². The second-order valence-electron chi connectivity index (χ2n) is 5.78. The summed E-state index contributed by atoms with van der Waals surface area (Å²) >= 11 is 5.79. The van der Waals surface area contributed by atoms with Crippen molar-refractivity contribution in [2.45, 2.75) is 4.90 Å². The minimum Gasteiger partial charge on any atom is -0.494 e. The van der Waals surface area contributed by atoms with Crippen LogP contribution in [-0.4, -0.2) is 46.0 Å². The van der Waals surface area contributed by atoms with Crippen LogP contribution in [0.4, 0.5) is 14.5 Å². The zero-order valence-corrected chi connectivity index (χ0v) is 15.5. The molecule has 2 aromatic rings. The summed E-state index contributed by atoms with van der Waals surface area (Å²) < 4.78 is 59.5. The van der Waals surface area contributed by atoms with E-state index in [0.717, 1.165) is 12.1 Å². The molecule has 9 heteroatoms. The van der Waals surface area contributed by atoms with Crippen LogP contribution in [-0.2, 0) is 10.0 Å². The fraction of sp³-hybridized carbons (Fsp3) is 0.294. The van der Waals surface area contributed by atoms with E-state index in [0.29, 0.717) is 5.02 Å². The van der Waals surface area contributed by atoms with E-state index in [1.165, 1.54) is 35.7 Å². The van der Waals surface area contributed by atoms with E-state index in [-0.39, 0.29) is 42.5 Å². The molecule has 2 aromatic carbocycles. The van der Waals surface area contributed by atoms with Crippen LogP contribution in [0.2, 0.25) is 5.02 Å². The van der Waals surface area contributed by atoms with Crippen molar-refractivity contribution in [2.75, 3.05) is 38.2 Å². The Morgan fingerprint density at radius 1 is 1.00 bits per heavy atom. The van der Waals surface area contributed by atoms with E-state index in [4.69, 9.17) is 16.3 Å². The molecule has 0 N–H and O–H groups in total. The first kappa shape index (κ1) is 18.9. The molecule has 1 aliphatic heterocycles. The van der Waals surface area contributed by atoms with Gasteiger partial charge in [0.05, 0.1) is 17.7 Å². The van der Waals surface area contributed by atoms with E-state index >= 15 is 0 Å². The molecule has 1 aliphatic rings. The summed E-state index contributed by atoms with van der Waals surface area (Å²) in [7, 11) is -2.39. The SMILES string of the molecule is COc1cc(F)c(N2CCN(S(=O)(=O)c3ccc(Cl)cc3)CC2)cc1F. The Morgan fingerprint density at radius 2 is 1.62 bits per heavy atom. The molecule has 0 spiro atoms. The molecule has 1 saturated heterocycles. The number of hydrogen-bond acceptors (Lipinski definition) is 4. The van der Waals surface area contributed by atoms with E-state index in [1.54, 1.807) is 4.90 Å². The number of ether oxygens (including phenoxy) is 1. The van der Waals surface area contributed by atoms with Gasteiger partial charge in [-0.25, -0.2) is 17.2 Å². The minimum absolute atomic E-state index is 0.0897. The van der Waals surface area contributed by atoms with Gasteiger partial charge < -0.3 is 9.64 Å². The fourth-order valence-electron chi connectivity index (χ4n) is 2.84. The summed E-state index contributed by atoms with van der Waals surface area (Å²) in [5.74, 6) is -1.45. The van der Waals surface area contributed by atoms with Crippen LogP contribution >= 0.6 is 11.6 Å². The van der Waals surface area contributed by atoms with Crippen molar-refractivity contribution < 1.29 is 21.9 Å². The maximum absolute atomic E-state index is 14.2. The third-order valence-electron chi connectivity index (χ3n) is 4.25. The maximum Gasteiger partial charge on any atom is 0.243 e. The van der Waals surface area contributed by atoms with Crippen LogP contribution in [0.3, 0.4) is 0 Å². The summed E-state index contributed by atoms with van der Waals surface area (Å²) in [6.45, 7) is 0.821. The zero-order chi connectivity index (χ0) is 18.9. The number of sulfonamides is 1. The monoisotopic (exact) mass is 402 g/mol. The predicted molar refractivity (Wildman–Crippen MR) is 95.3 cm³/mol. The Balaban J connectivity index is 1.75. The molecule has 5 nitrogen and oxygen atoms in total. The van der Waals surface area contributed by atoms with Crippen molar-refractivity contribution in [3.63, 3.8) is 0 Å². The molecule has 0 aromatic heterocycles. The van der Waals surface area contributed by atoms with Gasteiger partial charge in [0.15, 0.2) is 11.6 Å². The fourth-order valence-corrected chi connectivity index (χ4v) is 4.39. The Kier molecular flexibility index (Phi) is 5.36. The molecular weight excluding hydrogens is 386 g/mol. The van der Waals surface area contributed by atoms with Crippen molar-refractivity contribution in [3.05, 3.63) is 53.1 Å². The summed E-state index contributed by atoms with van der Waals surface area (Å²) in [5.41, 5.74) is 0.0897. The van der Waals surface area contributed by atoms with Crippen LogP contribution in [0.1, 0.15) is 0 Å². The molecule has 0 bridgehead atoms. The van der Waals surface area contributed by atoms with Gasteiger partial charge in [-0.2, -0.15) is 4.31 Å². The number of piperazine rings is 1. The summed E-state index contributed by atoms with van der Waals surface area (Å²) in [6, 6.07) is 7.98. The number of rotatable bonds is 4. The van der Waals surface area contributed by atoms with Crippen LogP contribution in [0.25, 0.3) is 0 Å². The van der Waals surface area contributed by atoms with Crippen LogP contribution in [0, 0.1) is 11.6 Å². The summed E-state index contributed by atoms with van der Waals surface area (Å²) in [4.78, 5) is 1.77. The van der Waals surface area contributed by atoms with Gasteiger partial charge in [0.1, 0.15) is 5.82 Å². The number of methoxy groups -OCH3 is 1. The Hall–Kier alpha value is -1.90. The van der Waals surface area contributed by atoms with Crippen molar-refractivity contribution in [1.82, 2.24) is 4.31 Å². The topological polar surface area (TPSA) is 49.9 Å². The molecule has 0 amide bonds. The van der Waals surface area contributed by atoms with E-state index in [9.17, 15) is 17.2 Å². The highest BCUT2D eigenvalue weighted by Gasteiger charge is 2.29. The van der Waals surface area contributed by atoms with Gasteiger partial charge in [-0.15, -0.1) is 0 Å². The highest BCUT2D eigenvalue weighted by Crippen LogP contribution is 2.29. The van der Waals surface area contributed by atoms with Crippen molar-refractivity contribution >= 4 is 27.3 Å². The van der Waals surface area contributed by atoms with Gasteiger partial charge in [-0.3, -0.25) is 0 Å². The lowest BCUT2D eigenvalue weighted by Crippen LogP contribution is -2.48. The highest BCUT2D eigenvalue weighted by atomic mass is 35.5. The van der Waals surface area contributed by atoms with E-state index in [1.807, 2.05) is 0 Å². The van der Waals surface area contributed by atoms with Gasteiger partial charge in [0.25, 0.3) is 0 Å². The van der Waals surface area contributed by atoms with Gasteiger partial charge in [-0.1, -0.05) is 11.6 Å². The van der Waals surface area contributed by atoms with Crippen LogP contribution in [0.5, 0.6) is 5.75 Å². The molecule has 1 heterocycles. The largest absolute Gasteiger partial charge is 0.494 e. The lowest BCUT2D eigenvalue weighted by Gasteiger charge is -2.35. The number of anilines is 1. The first-order valence-corrected chi connectivity index (χ1v) is 9.68. The van der Waals surface area contributed by atoms with Crippen LogP contribution in [0.15, 0.2) is 41.3 Å². The molecule has 1 fully saturated rings. The summed E-state index contributed by atoms with van der Waals surface area (Å²) in [5, 5.41) is 0.450. The number of nitrogens with zero attached hydrogens (tertiary/aromatic N) is 2. The van der Waals surface area contributed by atoms with Crippen molar-refractivity contribution in [1.29, 1.82) is 0 Å². The second-order valence-corrected chi connectivity index (χ2v) is 8.16. The Labute approximate surface area is 155 Å². The Bertz CT molecular complexity index is 899. The summed E-state index contributed by atoms with van der Waals surface area (Å²) in [6.07, 6.45) is 0. The first-order chi connectivity index (χ1) is 12.3. The minimum atomic E-state index is -3.65. The normalized spacial score (nSPS) is 15.9. The molecule has 0 atom stereocenters. The van der Waals surface area contributed by atoms with Crippen LogP contribution < -0.4 is 9.64 Å². The molecule has 3 rings (SSSR count). The third kappa shape index (κ3) is 3.62. The number of hydrogen-bond donors (Lipinski definition) is 0. The molecule has 26 heavy (non-hydrogen) atoms. The standard InChI is InChI=1S/C17H17ClF2N2O3S/c1-25-17-11-14(19)16(10-15(17)20)21-6-8-22(9-7-21)26(23,24)13-4-2-12(18)3-5-13/h2-5,10-11H,6-9H2,1H3. The lowest BCUT2D eigenvalue weighted by molar-refractivity contribution is 0.376. The van der Waals surface area contributed by atoms with E-state index in [2.05, 4.69) is 0 Å². The average Bonchev–Trinajstić information content (AvgIpc) is 2.63. The lowest BCUT2D eigenvalue weighted by atomic mass is 10.2. The number of benzene rings is 2. The second kappa shape index (κ2) is 7.38.